The first-order chi connectivity index (χ1) is 12.5. The van der Waals surface area contributed by atoms with Crippen LogP contribution in [-0.2, 0) is 17.6 Å². The Morgan fingerprint density at radius 2 is 2.04 bits per heavy atom. The van der Waals surface area contributed by atoms with E-state index < -0.39 is 0 Å². The van der Waals surface area contributed by atoms with Gasteiger partial charge in [0, 0.05) is 36.5 Å². The molecule has 2 heterocycles. The first-order valence-electron chi connectivity index (χ1n) is 9.15. The molecule has 0 fully saturated rings. The maximum Gasteiger partial charge on any atom is 0.185 e. The lowest BCUT2D eigenvalue weighted by atomic mass is 9.87. The number of halogens is 1. The number of fused-ring (bicyclic) bond motifs is 3. The van der Waals surface area contributed by atoms with Crippen LogP contribution < -0.4 is 10.2 Å². The van der Waals surface area contributed by atoms with Gasteiger partial charge in [-0.1, -0.05) is 32.4 Å². The summed E-state index contributed by atoms with van der Waals surface area (Å²) < 4.78 is 13.1. The third kappa shape index (κ3) is 3.53. The summed E-state index contributed by atoms with van der Waals surface area (Å²) in [6, 6.07) is 6.00. The van der Waals surface area contributed by atoms with Crippen LogP contribution in [0, 0.1) is 5.92 Å². The summed E-state index contributed by atoms with van der Waals surface area (Å²) in [6.45, 7) is 7.42. The van der Waals surface area contributed by atoms with E-state index in [0.29, 0.717) is 35.9 Å². The van der Waals surface area contributed by atoms with Crippen LogP contribution in [0.25, 0.3) is 11.3 Å². The molecule has 0 radical (unpaired) electrons. The Kier molecular flexibility index (Phi) is 5.73. The predicted octanol–water partition coefficient (Wildman–Crippen LogP) is 4.51. The molecule has 1 aliphatic rings. The number of methoxy groups -OCH3 is 1. The zero-order chi connectivity index (χ0) is 18.8. The molecule has 0 N–H and O–H groups in total. The molecule has 1 unspecified atom stereocenters. The van der Waals surface area contributed by atoms with Crippen molar-refractivity contribution >= 4 is 11.6 Å². The van der Waals surface area contributed by atoms with Crippen LogP contribution >= 0.6 is 11.6 Å². The van der Waals surface area contributed by atoms with Gasteiger partial charge < -0.3 is 14.0 Å². The van der Waals surface area contributed by atoms with Crippen molar-refractivity contribution in [3.63, 3.8) is 0 Å². The molecule has 4 nitrogen and oxygen atoms in total. The van der Waals surface area contributed by atoms with Crippen molar-refractivity contribution in [1.29, 1.82) is 0 Å². The Morgan fingerprint density at radius 1 is 1.27 bits per heavy atom. The van der Waals surface area contributed by atoms with E-state index in [9.17, 15) is 4.79 Å². The summed E-state index contributed by atoms with van der Waals surface area (Å²) in [6.07, 6.45) is 3.66. The Morgan fingerprint density at radius 3 is 2.69 bits per heavy atom. The maximum absolute atomic E-state index is 12.4. The maximum atomic E-state index is 12.4. The molecule has 1 aromatic heterocycles. The lowest BCUT2D eigenvalue weighted by Crippen LogP contribution is -2.27. The molecular formula is C21H26ClNO3. The SMILES string of the molecule is CCc1cn2c(cc1=O)-c1cc(Cl)c(OCCOC)cc1CC2C(C)C. The van der Waals surface area contributed by atoms with Crippen molar-refractivity contribution in [2.45, 2.75) is 39.7 Å². The highest BCUT2D eigenvalue weighted by atomic mass is 35.5. The van der Waals surface area contributed by atoms with Crippen LogP contribution in [0.5, 0.6) is 5.75 Å². The van der Waals surface area contributed by atoms with Crippen molar-refractivity contribution in [3.05, 3.63) is 50.8 Å². The largest absolute Gasteiger partial charge is 0.490 e. The summed E-state index contributed by atoms with van der Waals surface area (Å²) in [7, 11) is 1.64. The normalized spacial score (nSPS) is 15.7. The highest BCUT2D eigenvalue weighted by Crippen LogP contribution is 2.41. The molecule has 26 heavy (non-hydrogen) atoms. The van der Waals surface area contributed by atoms with Gasteiger partial charge in [-0.2, -0.15) is 0 Å². The van der Waals surface area contributed by atoms with Crippen LogP contribution in [0.1, 0.15) is 37.9 Å². The average molecular weight is 376 g/mol. The Balaban J connectivity index is 2.11. The predicted molar refractivity (Wildman–Crippen MR) is 105 cm³/mol. The van der Waals surface area contributed by atoms with E-state index in [0.717, 1.165) is 29.7 Å². The summed E-state index contributed by atoms with van der Waals surface area (Å²) in [4.78, 5) is 12.4. The summed E-state index contributed by atoms with van der Waals surface area (Å²) in [5, 5.41) is 0.557. The fourth-order valence-corrected chi connectivity index (χ4v) is 3.80. The van der Waals surface area contributed by atoms with E-state index in [1.165, 1.54) is 5.56 Å². The molecule has 0 spiro atoms. The lowest BCUT2D eigenvalue weighted by Gasteiger charge is -2.34. The van der Waals surface area contributed by atoms with Gasteiger partial charge in [0.1, 0.15) is 12.4 Å². The van der Waals surface area contributed by atoms with E-state index in [4.69, 9.17) is 21.1 Å². The Bertz CT molecular complexity index is 857. The van der Waals surface area contributed by atoms with Gasteiger partial charge in [-0.15, -0.1) is 0 Å². The quantitative estimate of drug-likeness (QED) is 0.697. The lowest BCUT2D eigenvalue weighted by molar-refractivity contribution is 0.146. The molecule has 1 aliphatic heterocycles. The van der Waals surface area contributed by atoms with E-state index in [1.54, 1.807) is 13.2 Å². The van der Waals surface area contributed by atoms with Crippen molar-refractivity contribution in [2.24, 2.45) is 5.92 Å². The monoisotopic (exact) mass is 375 g/mol. The molecule has 0 bridgehead atoms. The van der Waals surface area contributed by atoms with Crippen molar-refractivity contribution in [1.82, 2.24) is 4.57 Å². The number of rotatable bonds is 6. The van der Waals surface area contributed by atoms with E-state index >= 15 is 0 Å². The molecule has 0 aliphatic carbocycles. The van der Waals surface area contributed by atoms with Crippen LogP contribution in [0.3, 0.4) is 0 Å². The average Bonchev–Trinajstić information content (AvgIpc) is 2.61. The Labute approximate surface area is 159 Å². The number of aromatic nitrogens is 1. The number of hydrogen-bond donors (Lipinski definition) is 0. The third-order valence-electron chi connectivity index (χ3n) is 5.07. The minimum atomic E-state index is 0.0886. The van der Waals surface area contributed by atoms with Gasteiger partial charge in [0.25, 0.3) is 0 Å². The molecule has 5 heteroatoms. The van der Waals surface area contributed by atoms with Crippen molar-refractivity contribution < 1.29 is 9.47 Å². The van der Waals surface area contributed by atoms with Gasteiger partial charge in [-0.25, -0.2) is 0 Å². The zero-order valence-corrected chi connectivity index (χ0v) is 16.6. The number of nitrogens with zero attached hydrogens (tertiary/aromatic N) is 1. The van der Waals surface area contributed by atoms with Gasteiger partial charge in [-0.3, -0.25) is 4.79 Å². The molecule has 0 saturated heterocycles. The molecule has 3 rings (SSSR count). The summed E-state index contributed by atoms with van der Waals surface area (Å²) >= 11 is 6.45. The minimum Gasteiger partial charge on any atom is -0.490 e. The molecule has 2 aromatic rings. The summed E-state index contributed by atoms with van der Waals surface area (Å²) in [5.41, 5.74) is 4.08. The number of pyridine rings is 1. The second-order valence-corrected chi connectivity index (χ2v) is 7.51. The first kappa shape index (κ1) is 19.0. The minimum absolute atomic E-state index is 0.0886. The number of benzene rings is 1. The van der Waals surface area contributed by atoms with Crippen LogP contribution in [0.2, 0.25) is 5.02 Å². The highest BCUT2D eigenvalue weighted by Gasteiger charge is 2.27. The zero-order valence-electron chi connectivity index (χ0n) is 15.8. The van der Waals surface area contributed by atoms with Crippen molar-refractivity contribution in [3.8, 4) is 17.0 Å². The van der Waals surface area contributed by atoms with Crippen LogP contribution in [0.4, 0.5) is 0 Å². The summed E-state index contributed by atoms with van der Waals surface area (Å²) in [5.74, 6) is 1.12. The molecule has 1 atom stereocenters. The van der Waals surface area contributed by atoms with Gasteiger partial charge >= 0.3 is 0 Å². The van der Waals surface area contributed by atoms with Gasteiger partial charge in [0.05, 0.1) is 17.3 Å². The first-order valence-corrected chi connectivity index (χ1v) is 9.53. The topological polar surface area (TPSA) is 40.5 Å². The van der Waals surface area contributed by atoms with Gasteiger partial charge in [0.15, 0.2) is 5.43 Å². The van der Waals surface area contributed by atoms with E-state index in [-0.39, 0.29) is 5.43 Å². The molecule has 0 amide bonds. The standard InChI is InChI=1S/C21H26ClNO3/c1-5-14-12-23-18(13(2)3)8-15-9-21(26-7-6-25-4)17(22)10-16(15)19(23)11-20(14)24/h9-13,18H,5-8H2,1-4H3. The second kappa shape index (κ2) is 7.85. The van der Waals surface area contributed by atoms with E-state index in [2.05, 4.69) is 18.4 Å². The number of aryl methyl sites for hydroxylation is 1. The molecule has 1 aromatic carbocycles. The van der Waals surface area contributed by atoms with Gasteiger partial charge in [-0.05, 0) is 36.5 Å². The number of ether oxygens (including phenoxy) is 2. The Hall–Kier alpha value is -1.78. The third-order valence-corrected chi connectivity index (χ3v) is 5.37. The molecular weight excluding hydrogens is 350 g/mol. The van der Waals surface area contributed by atoms with E-state index in [1.807, 2.05) is 25.3 Å². The molecule has 140 valence electrons. The smallest absolute Gasteiger partial charge is 0.185 e. The van der Waals surface area contributed by atoms with Crippen LogP contribution in [0.15, 0.2) is 29.2 Å². The second-order valence-electron chi connectivity index (χ2n) is 7.11. The number of hydrogen-bond acceptors (Lipinski definition) is 3. The van der Waals surface area contributed by atoms with Gasteiger partial charge in [0.2, 0.25) is 0 Å². The fraction of sp³-hybridized carbons (Fsp3) is 0.476. The fourth-order valence-electron chi connectivity index (χ4n) is 3.58. The highest BCUT2D eigenvalue weighted by molar-refractivity contribution is 6.32. The van der Waals surface area contributed by atoms with Crippen molar-refractivity contribution in [2.75, 3.05) is 20.3 Å². The molecule has 0 saturated carbocycles. The van der Waals surface area contributed by atoms with Crippen LogP contribution in [-0.4, -0.2) is 24.9 Å².